The summed E-state index contributed by atoms with van der Waals surface area (Å²) in [6, 6.07) is 7.71. The van der Waals surface area contributed by atoms with E-state index in [0.717, 1.165) is 24.1 Å². The van der Waals surface area contributed by atoms with E-state index >= 15 is 0 Å². The van der Waals surface area contributed by atoms with Crippen LogP contribution in [0.15, 0.2) is 35.1 Å². The lowest BCUT2D eigenvalue weighted by Crippen LogP contribution is -2.12. The zero-order chi connectivity index (χ0) is 13.7. The first-order valence-corrected chi connectivity index (χ1v) is 6.60. The molecule has 0 aliphatic carbocycles. The van der Waals surface area contributed by atoms with E-state index in [1.54, 1.807) is 6.92 Å². The molecular weight excluding hydrogens is 264 g/mol. The average Bonchev–Trinajstić information content (AvgIpc) is 2.83. The maximum atomic E-state index is 12.0. The lowest BCUT2D eigenvalue weighted by Gasteiger charge is -2.06. The molecule has 1 aromatic carbocycles. The normalized spacial score (nSPS) is 10.4. The first kappa shape index (κ1) is 13.6. The smallest absolute Gasteiger partial charge is 0.293 e. The molecule has 1 amide bonds. The molecule has 0 aliphatic rings. The van der Waals surface area contributed by atoms with Crippen LogP contribution >= 0.6 is 11.6 Å². The first-order valence-electron chi connectivity index (χ1n) is 6.07. The number of rotatable bonds is 5. The number of carbonyl (C=O) groups is 1. The van der Waals surface area contributed by atoms with E-state index in [0.29, 0.717) is 11.6 Å². The number of carbonyl (C=O) groups excluding carboxylic acids is 1. The van der Waals surface area contributed by atoms with E-state index in [2.05, 4.69) is 10.3 Å². The molecule has 0 fully saturated rings. The quantitative estimate of drug-likeness (QED) is 0.853. The minimum atomic E-state index is -0.288. The van der Waals surface area contributed by atoms with Crippen molar-refractivity contribution < 1.29 is 9.21 Å². The number of aromatic nitrogens is 1. The van der Waals surface area contributed by atoms with Crippen molar-refractivity contribution in [3.8, 4) is 0 Å². The Morgan fingerprint density at radius 3 is 3.00 bits per heavy atom. The number of nitrogens with zero attached hydrogens (tertiary/aromatic N) is 1. The van der Waals surface area contributed by atoms with Crippen LogP contribution in [-0.2, 0) is 6.42 Å². The van der Waals surface area contributed by atoms with Crippen molar-refractivity contribution in [1.29, 1.82) is 0 Å². The Bertz CT molecular complexity index is 566. The standard InChI is InChI=1S/C14H15ClN2O2/c1-10-13(19-9-16-10)14(18)17-12-6-2-4-11(8-12)5-3-7-15/h2,4,6,8-9H,3,5,7H2,1H3,(H,17,18). The van der Waals surface area contributed by atoms with Crippen molar-refractivity contribution in [3.05, 3.63) is 47.7 Å². The Labute approximate surface area is 116 Å². The second-order valence-electron chi connectivity index (χ2n) is 4.21. The van der Waals surface area contributed by atoms with Crippen molar-refractivity contribution in [3.63, 3.8) is 0 Å². The lowest BCUT2D eigenvalue weighted by molar-refractivity contribution is 0.0996. The zero-order valence-electron chi connectivity index (χ0n) is 10.6. The van der Waals surface area contributed by atoms with Gasteiger partial charge in [0.25, 0.3) is 5.91 Å². The fraction of sp³-hybridized carbons (Fsp3) is 0.286. The number of alkyl halides is 1. The summed E-state index contributed by atoms with van der Waals surface area (Å²) < 4.78 is 5.05. The number of hydrogen-bond donors (Lipinski definition) is 1. The Morgan fingerprint density at radius 1 is 1.47 bits per heavy atom. The third-order valence-electron chi connectivity index (χ3n) is 2.74. The molecule has 100 valence electrons. The summed E-state index contributed by atoms with van der Waals surface area (Å²) >= 11 is 5.67. The third-order valence-corrected chi connectivity index (χ3v) is 3.00. The van der Waals surface area contributed by atoms with Gasteiger partial charge in [0.15, 0.2) is 6.39 Å². The van der Waals surface area contributed by atoms with Gasteiger partial charge in [-0.25, -0.2) is 4.98 Å². The molecule has 0 spiro atoms. The summed E-state index contributed by atoms with van der Waals surface area (Å²) in [5.41, 5.74) is 2.47. The molecular formula is C14H15ClN2O2. The fourth-order valence-electron chi connectivity index (χ4n) is 1.78. The van der Waals surface area contributed by atoms with Crippen molar-refractivity contribution in [2.75, 3.05) is 11.2 Å². The molecule has 19 heavy (non-hydrogen) atoms. The van der Waals surface area contributed by atoms with E-state index in [4.69, 9.17) is 16.0 Å². The van der Waals surface area contributed by atoms with E-state index < -0.39 is 0 Å². The Hall–Kier alpha value is -1.81. The first-order chi connectivity index (χ1) is 9.20. The number of oxazole rings is 1. The Morgan fingerprint density at radius 2 is 2.32 bits per heavy atom. The van der Waals surface area contributed by atoms with Gasteiger partial charge >= 0.3 is 0 Å². The third kappa shape index (κ3) is 3.58. The summed E-state index contributed by atoms with van der Waals surface area (Å²) in [4.78, 5) is 15.9. The molecule has 1 N–H and O–H groups in total. The van der Waals surface area contributed by atoms with Crippen LogP contribution in [0.5, 0.6) is 0 Å². The molecule has 2 rings (SSSR count). The van der Waals surface area contributed by atoms with Gasteiger partial charge in [0.05, 0.1) is 5.69 Å². The monoisotopic (exact) mass is 278 g/mol. The van der Waals surface area contributed by atoms with Gasteiger partial charge in [0.2, 0.25) is 5.76 Å². The highest BCUT2D eigenvalue weighted by molar-refractivity contribution is 6.17. The van der Waals surface area contributed by atoms with Crippen molar-refractivity contribution in [2.24, 2.45) is 0 Å². The second kappa shape index (κ2) is 6.38. The minimum Gasteiger partial charge on any atom is -0.438 e. The molecule has 0 saturated heterocycles. The second-order valence-corrected chi connectivity index (χ2v) is 4.59. The molecule has 5 heteroatoms. The van der Waals surface area contributed by atoms with Crippen LogP contribution in [0.2, 0.25) is 0 Å². The summed E-state index contributed by atoms with van der Waals surface area (Å²) in [5.74, 6) is 0.587. The summed E-state index contributed by atoms with van der Waals surface area (Å²) in [5, 5.41) is 2.80. The summed E-state index contributed by atoms with van der Waals surface area (Å²) in [6.45, 7) is 1.73. The molecule has 0 saturated carbocycles. The van der Waals surface area contributed by atoms with Crippen LogP contribution in [0, 0.1) is 6.92 Å². The van der Waals surface area contributed by atoms with Gasteiger partial charge in [-0.3, -0.25) is 4.79 Å². The molecule has 0 unspecified atom stereocenters. The maximum Gasteiger partial charge on any atom is 0.293 e. The van der Waals surface area contributed by atoms with Gasteiger partial charge in [-0.05, 0) is 37.5 Å². The largest absolute Gasteiger partial charge is 0.438 e. The van der Waals surface area contributed by atoms with Crippen molar-refractivity contribution in [2.45, 2.75) is 19.8 Å². The van der Waals surface area contributed by atoms with Crippen LogP contribution in [0.1, 0.15) is 28.2 Å². The molecule has 0 atom stereocenters. The highest BCUT2D eigenvalue weighted by Gasteiger charge is 2.13. The number of aryl methyl sites for hydroxylation is 2. The fourth-order valence-corrected chi connectivity index (χ4v) is 1.92. The number of benzene rings is 1. The molecule has 0 radical (unpaired) electrons. The van der Waals surface area contributed by atoms with Gasteiger partial charge in [0.1, 0.15) is 0 Å². The highest BCUT2D eigenvalue weighted by atomic mass is 35.5. The lowest BCUT2D eigenvalue weighted by atomic mass is 10.1. The number of anilines is 1. The molecule has 2 aromatic rings. The number of amides is 1. The molecule has 1 aromatic heterocycles. The average molecular weight is 279 g/mol. The SMILES string of the molecule is Cc1ncoc1C(=O)Nc1cccc(CCCCl)c1. The predicted molar refractivity (Wildman–Crippen MR) is 74.7 cm³/mol. The van der Waals surface area contributed by atoms with Crippen molar-refractivity contribution >= 4 is 23.2 Å². The number of halogens is 1. The Balaban J connectivity index is 2.07. The molecule has 0 bridgehead atoms. The van der Waals surface area contributed by atoms with Crippen LogP contribution in [0.25, 0.3) is 0 Å². The van der Waals surface area contributed by atoms with Gasteiger partial charge in [-0.1, -0.05) is 12.1 Å². The van der Waals surface area contributed by atoms with Gasteiger partial charge in [0, 0.05) is 11.6 Å². The van der Waals surface area contributed by atoms with Crippen LogP contribution in [0.3, 0.4) is 0 Å². The van der Waals surface area contributed by atoms with Gasteiger partial charge in [-0.15, -0.1) is 11.6 Å². The van der Waals surface area contributed by atoms with Crippen molar-refractivity contribution in [1.82, 2.24) is 4.98 Å². The van der Waals surface area contributed by atoms with Crippen LogP contribution in [-0.4, -0.2) is 16.8 Å². The maximum absolute atomic E-state index is 12.0. The topological polar surface area (TPSA) is 55.1 Å². The summed E-state index contributed by atoms with van der Waals surface area (Å²) in [7, 11) is 0. The molecule has 1 heterocycles. The minimum absolute atomic E-state index is 0.242. The molecule has 0 aliphatic heterocycles. The summed E-state index contributed by atoms with van der Waals surface area (Å²) in [6.07, 6.45) is 3.08. The zero-order valence-corrected chi connectivity index (χ0v) is 11.4. The van der Waals surface area contributed by atoms with E-state index in [-0.39, 0.29) is 11.7 Å². The van der Waals surface area contributed by atoms with E-state index in [1.165, 1.54) is 6.39 Å². The molecule has 4 nitrogen and oxygen atoms in total. The van der Waals surface area contributed by atoms with Crippen LogP contribution < -0.4 is 5.32 Å². The van der Waals surface area contributed by atoms with E-state index in [1.807, 2.05) is 24.3 Å². The van der Waals surface area contributed by atoms with Gasteiger partial charge in [-0.2, -0.15) is 0 Å². The van der Waals surface area contributed by atoms with Crippen LogP contribution in [0.4, 0.5) is 5.69 Å². The highest BCUT2D eigenvalue weighted by Crippen LogP contribution is 2.15. The Kier molecular flexibility index (Phi) is 4.58. The predicted octanol–water partition coefficient (Wildman–Crippen LogP) is 3.41. The van der Waals surface area contributed by atoms with E-state index in [9.17, 15) is 4.79 Å². The van der Waals surface area contributed by atoms with Gasteiger partial charge < -0.3 is 9.73 Å². The number of hydrogen-bond acceptors (Lipinski definition) is 3. The number of nitrogens with one attached hydrogen (secondary N) is 1.